The summed E-state index contributed by atoms with van der Waals surface area (Å²) in [6.45, 7) is 3.36. The van der Waals surface area contributed by atoms with Crippen molar-refractivity contribution in [1.82, 2.24) is 0 Å². The standard InChI is InChI=1S/C14H13BrN2O4S/c1-9-3-5-12(17(18)19)8-14(9)22(20,21)16-13-6-4-11(15)7-10(13)2/h3-8,16H,1-2H3. The summed E-state index contributed by atoms with van der Waals surface area (Å²) in [6.07, 6.45) is 0. The molecule has 0 amide bonds. The number of benzene rings is 2. The summed E-state index contributed by atoms with van der Waals surface area (Å²) in [7, 11) is -3.91. The van der Waals surface area contributed by atoms with Crippen LogP contribution in [0, 0.1) is 24.0 Å². The van der Waals surface area contributed by atoms with Crippen LogP contribution in [-0.4, -0.2) is 13.3 Å². The zero-order chi connectivity index (χ0) is 16.5. The molecular formula is C14H13BrN2O4S. The average molecular weight is 385 g/mol. The van der Waals surface area contributed by atoms with E-state index in [4.69, 9.17) is 0 Å². The molecular weight excluding hydrogens is 372 g/mol. The molecule has 2 aromatic carbocycles. The highest BCUT2D eigenvalue weighted by Gasteiger charge is 2.21. The number of nitro benzene ring substituents is 1. The lowest BCUT2D eigenvalue weighted by molar-refractivity contribution is -0.385. The van der Waals surface area contributed by atoms with Crippen LogP contribution in [0.15, 0.2) is 45.8 Å². The van der Waals surface area contributed by atoms with Gasteiger partial charge in [-0.15, -0.1) is 0 Å². The van der Waals surface area contributed by atoms with Gasteiger partial charge in [0.1, 0.15) is 0 Å². The van der Waals surface area contributed by atoms with Crippen molar-refractivity contribution in [3.8, 4) is 0 Å². The fourth-order valence-corrected chi connectivity index (χ4v) is 3.81. The van der Waals surface area contributed by atoms with E-state index >= 15 is 0 Å². The van der Waals surface area contributed by atoms with Gasteiger partial charge in [-0.05, 0) is 43.2 Å². The summed E-state index contributed by atoms with van der Waals surface area (Å²) in [5.41, 5.74) is 1.33. The molecule has 116 valence electrons. The lowest BCUT2D eigenvalue weighted by atomic mass is 10.2. The first-order chi connectivity index (χ1) is 10.2. The Morgan fingerprint density at radius 3 is 2.36 bits per heavy atom. The van der Waals surface area contributed by atoms with Gasteiger partial charge >= 0.3 is 0 Å². The van der Waals surface area contributed by atoms with E-state index < -0.39 is 14.9 Å². The predicted octanol–water partition coefficient (Wildman–Crippen LogP) is 3.77. The second-order valence-electron chi connectivity index (χ2n) is 4.77. The zero-order valence-corrected chi connectivity index (χ0v) is 14.2. The fraction of sp³-hybridized carbons (Fsp3) is 0.143. The Labute approximate surface area is 136 Å². The molecule has 22 heavy (non-hydrogen) atoms. The largest absolute Gasteiger partial charge is 0.279 e. The van der Waals surface area contributed by atoms with Gasteiger partial charge in [0.05, 0.1) is 15.5 Å². The van der Waals surface area contributed by atoms with Crippen molar-refractivity contribution in [2.75, 3.05) is 4.72 Å². The third kappa shape index (κ3) is 3.45. The van der Waals surface area contributed by atoms with E-state index in [-0.39, 0.29) is 10.6 Å². The quantitative estimate of drug-likeness (QED) is 0.641. The molecule has 0 heterocycles. The molecule has 0 unspecified atom stereocenters. The van der Waals surface area contributed by atoms with Crippen LogP contribution in [-0.2, 0) is 10.0 Å². The Bertz CT molecular complexity index is 850. The number of rotatable bonds is 4. The highest BCUT2D eigenvalue weighted by atomic mass is 79.9. The molecule has 0 radical (unpaired) electrons. The van der Waals surface area contributed by atoms with Crippen molar-refractivity contribution >= 4 is 37.3 Å². The molecule has 6 nitrogen and oxygen atoms in total. The number of nitro groups is 1. The second kappa shape index (κ2) is 6.05. The van der Waals surface area contributed by atoms with E-state index in [1.54, 1.807) is 32.0 Å². The molecule has 0 bridgehead atoms. The summed E-state index contributed by atoms with van der Waals surface area (Å²) < 4.78 is 28.3. The molecule has 0 aliphatic rings. The molecule has 8 heteroatoms. The van der Waals surface area contributed by atoms with Crippen LogP contribution in [0.4, 0.5) is 11.4 Å². The normalized spacial score (nSPS) is 11.2. The highest BCUT2D eigenvalue weighted by molar-refractivity contribution is 9.10. The van der Waals surface area contributed by atoms with E-state index in [0.717, 1.165) is 16.1 Å². The smallest absolute Gasteiger partial charge is 0.270 e. The lowest BCUT2D eigenvalue weighted by Gasteiger charge is -2.12. The van der Waals surface area contributed by atoms with Gasteiger partial charge in [0.25, 0.3) is 15.7 Å². The third-order valence-electron chi connectivity index (χ3n) is 3.10. The Kier molecular flexibility index (Phi) is 4.52. The number of hydrogen-bond acceptors (Lipinski definition) is 4. The van der Waals surface area contributed by atoms with Crippen molar-refractivity contribution in [2.24, 2.45) is 0 Å². The van der Waals surface area contributed by atoms with Gasteiger partial charge in [0.2, 0.25) is 0 Å². The topological polar surface area (TPSA) is 89.3 Å². The minimum atomic E-state index is -3.91. The molecule has 2 aromatic rings. The van der Waals surface area contributed by atoms with E-state index in [2.05, 4.69) is 20.7 Å². The maximum Gasteiger partial charge on any atom is 0.270 e. The number of sulfonamides is 1. The molecule has 0 aromatic heterocycles. The number of nitrogens with zero attached hydrogens (tertiary/aromatic N) is 1. The molecule has 2 rings (SSSR count). The van der Waals surface area contributed by atoms with Crippen molar-refractivity contribution in [2.45, 2.75) is 18.7 Å². The van der Waals surface area contributed by atoms with Gasteiger partial charge in [-0.3, -0.25) is 14.8 Å². The van der Waals surface area contributed by atoms with Crippen molar-refractivity contribution in [3.05, 3.63) is 62.1 Å². The van der Waals surface area contributed by atoms with E-state index in [9.17, 15) is 18.5 Å². The molecule has 0 spiro atoms. The molecule has 0 aliphatic heterocycles. The fourth-order valence-electron chi connectivity index (χ4n) is 1.93. The maximum atomic E-state index is 12.5. The number of anilines is 1. The minimum Gasteiger partial charge on any atom is -0.279 e. The van der Waals surface area contributed by atoms with E-state index in [1.807, 2.05) is 0 Å². The van der Waals surface area contributed by atoms with Crippen LogP contribution < -0.4 is 4.72 Å². The van der Waals surface area contributed by atoms with Gasteiger partial charge in [-0.1, -0.05) is 22.0 Å². The molecule has 0 saturated heterocycles. The summed E-state index contributed by atoms with van der Waals surface area (Å²) >= 11 is 3.31. The Hall–Kier alpha value is -1.93. The van der Waals surface area contributed by atoms with E-state index in [1.165, 1.54) is 12.1 Å². The first-order valence-electron chi connectivity index (χ1n) is 6.25. The second-order valence-corrected chi connectivity index (χ2v) is 7.34. The van der Waals surface area contributed by atoms with Crippen molar-refractivity contribution < 1.29 is 13.3 Å². The SMILES string of the molecule is Cc1cc(Br)ccc1NS(=O)(=O)c1cc([N+](=O)[O-])ccc1C. The average Bonchev–Trinajstić information content (AvgIpc) is 2.42. The number of nitrogens with one attached hydrogen (secondary N) is 1. The first kappa shape index (κ1) is 16.4. The molecule has 0 atom stereocenters. The lowest BCUT2D eigenvalue weighted by Crippen LogP contribution is -2.15. The van der Waals surface area contributed by atoms with Gasteiger partial charge in [0.15, 0.2) is 0 Å². The van der Waals surface area contributed by atoms with Crippen LogP contribution in [0.25, 0.3) is 0 Å². The van der Waals surface area contributed by atoms with Crippen molar-refractivity contribution in [1.29, 1.82) is 0 Å². The van der Waals surface area contributed by atoms with Crippen LogP contribution >= 0.6 is 15.9 Å². The Morgan fingerprint density at radius 2 is 1.77 bits per heavy atom. The number of non-ortho nitro benzene ring substituents is 1. The summed E-state index contributed by atoms with van der Waals surface area (Å²) in [5, 5.41) is 10.8. The minimum absolute atomic E-state index is 0.107. The Morgan fingerprint density at radius 1 is 1.09 bits per heavy atom. The van der Waals surface area contributed by atoms with Crippen LogP contribution in [0.2, 0.25) is 0 Å². The molecule has 0 aliphatic carbocycles. The van der Waals surface area contributed by atoms with Crippen molar-refractivity contribution in [3.63, 3.8) is 0 Å². The van der Waals surface area contributed by atoms with E-state index in [0.29, 0.717) is 11.3 Å². The summed E-state index contributed by atoms with van der Waals surface area (Å²) in [4.78, 5) is 10.1. The Balaban J connectivity index is 2.46. The number of hydrogen-bond donors (Lipinski definition) is 1. The zero-order valence-electron chi connectivity index (χ0n) is 11.8. The van der Waals surface area contributed by atoms with Gasteiger partial charge in [-0.25, -0.2) is 8.42 Å². The monoisotopic (exact) mass is 384 g/mol. The molecule has 0 saturated carbocycles. The first-order valence-corrected chi connectivity index (χ1v) is 8.52. The highest BCUT2D eigenvalue weighted by Crippen LogP contribution is 2.26. The summed E-state index contributed by atoms with van der Waals surface area (Å²) in [5.74, 6) is 0. The van der Waals surface area contributed by atoms with Crippen LogP contribution in [0.1, 0.15) is 11.1 Å². The number of halogens is 1. The maximum absolute atomic E-state index is 12.5. The molecule has 0 fully saturated rings. The third-order valence-corrected chi connectivity index (χ3v) is 5.11. The van der Waals surface area contributed by atoms with Crippen LogP contribution in [0.5, 0.6) is 0 Å². The summed E-state index contributed by atoms with van der Waals surface area (Å²) in [6, 6.07) is 8.87. The molecule has 1 N–H and O–H groups in total. The number of aryl methyl sites for hydroxylation is 2. The predicted molar refractivity (Wildman–Crippen MR) is 87.5 cm³/mol. The van der Waals surface area contributed by atoms with Crippen LogP contribution in [0.3, 0.4) is 0 Å². The van der Waals surface area contributed by atoms with Gasteiger partial charge in [0, 0.05) is 16.6 Å². The van der Waals surface area contributed by atoms with Gasteiger partial charge in [-0.2, -0.15) is 0 Å². The van der Waals surface area contributed by atoms with Gasteiger partial charge < -0.3 is 0 Å².